The van der Waals surface area contributed by atoms with Crippen LogP contribution in [0, 0.1) is 0 Å². The minimum atomic E-state index is -0.286. The number of carbonyl (C=O) groups is 1. The van der Waals surface area contributed by atoms with Gasteiger partial charge in [0, 0.05) is 17.7 Å². The number of hydrogen-bond acceptors (Lipinski definition) is 5. The third kappa shape index (κ3) is 3.20. The molecule has 0 aliphatic heterocycles. The predicted octanol–water partition coefficient (Wildman–Crippen LogP) is 2.07. The summed E-state index contributed by atoms with van der Waals surface area (Å²) in [6.45, 7) is 0. The summed E-state index contributed by atoms with van der Waals surface area (Å²) in [5.41, 5.74) is 1.57. The molecule has 0 aliphatic rings. The number of fused-ring (bicyclic) bond motifs is 1. The maximum absolute atomic E-state index is 12.1. The quantitative estimate of drug-likeness (QED) is 0.575. The first-order chi connectivity index (χ1) is 12.2. The molecule has 0 atom stereocenters. The van der Waals surface area contributed by atoms with Crippen molar-refractivity contribution in [1.29, 1.82) is 0 Å². The first-order valence-electron chi connectivity index (χ1n) is 7.54. The molecule has 25 heavy (non-hydrogen) atoms. The lowest BCUT2D eigenvalue weighted by Gasteiger charge is -1.97. The number of Topliss-reactive ketones (excluding diaryl/α,β-unsaturated/α-hetero) is 1. The molecule has 0 fully saturated rings. The molecule has 3 aromatic heterocycles. The highest BCUT2D eigenvalue weighted by Crippen LogP contribution is 2.13. The summed E-state index contributed by atoms with van der Waals surface area (Å²) in [6.07, 6.45) is 6.34. The molecule has 1 N–H and O–H groups in total. The number of aromatic amines is 1. The molecule has 122 valence electrons. The van der Waals surface area contributed by atoms with Gasteiger partial charge in [0.05, 0.1) is 21.0 Å². The van der Waals surface area contributed by atoms with Crippen molar-refractivity contribution in [1.82, 2.24) is 9.97 Å². The molecule has 4 rings (SSSR count). The van der Waals surface area contributed by atoms with E-state index in [0.717, 1.165) is 16.5 Å². The standard InChI is InChI=1S/C19H12N2O3S/c22-15(16-4-2-8-24-16)11-18-21-19(23)17(25-18)10-12-5-6-14-13(9-12)3-1-7-20-14/h1-11H,(H,21,23)/b17-10-,18-11-. The van der Waals surface area contributed by atoms with E-state index in [1.807, 2.05) is 30.3 Å². The van der Waals surface area contributed by atoms with E-state index in [2.05, 4.69) is 9.97 Å². The normalized spacial score (nSPS) is 12.8. The lowest BCUT2D eigenvalue weighted by atomic mass is 10.1. The zero-order chi connectivity index (χ0) is 17.2. The number of benzene rings is 1. The van der Waals surface area contributed by atoms with Crippen LogP contribution in [-0.2, 0) is 0 Å². The molecule has 0 spiro atoms. The fourth-order valence-corrected chi connectivity index (χ4v) is 3.35. The van der Waals surface area contributed by atoms with E-state index in [1.165, 1.54) is 23.7 Å². The number of furan rings is 1. The van der Waals surface area contributed by atoms with Gasteiger partial charge in [0.25, 0.3) is 5.56 Å². The molecule has 0 saturated carbocycles. The number of rotatable bonds is 3. The number of thiazole rings is 1. The molecule has 0 bridgehead atoms. The molecule has 0 aliphatic carbocycles. The first kappa shape index (κ1) is 15.3. The number of aromatic nitrogens is 2. The van der Waals surface area contributed by atoms with E-state index in [0.29, 0.717) is 9.20 Å². The van der Waals surface area contributed by atoms with Gasteiger partial charge in [0.1, 0.15) is 0 Å². The maximum atomic E-state index is 12.1. The van der Waals surface area contributed by atoms with Crippen LogP contribution in [0.4, 0.5) is 0 Å². The highest BCUT2D eigenvalue weighted by molar-refractivity contribution is 7.07. The summed E-state index contributed by atoms with van der Waals surface area (Å²) in [7, 11) is 0. The molecule has 4 aromatic rings. The molecule has 6 heteroatoms. The fourth-order valence-electron chi connectivity index (χ4n) is 2.47. The average molecular weight is 348 g/mol. The molecular formula is C19H12N2O3S. The van der Waals surface area contributed by atoms with Gasteiger partial charge in [-0.3, -0.25) is 14.6 Å². The van der Waals surface area contributed by atoms with Gasteiger partial charge in [-0.1, -0.05) is 12.1 Å². The Labute approximate surface area is 145 Å². The zero-order valence-electron chi connectivity index (χ0n) is 12.9. The summed E-state index contributed by atoms with van der Waals surface area (Å²) >= 11 is 1.23. The van der Waals surface area contributed by atoms with Crippen molar-refractivity contribution in [2.75, 3.05) is 0 Å². The van der Waals surface area contributed by atoms with Gasteiger partial charge in [-0.2, -0.15) is 0 Å². The Kier molecular flexibility index (Phi) is 3.87. The minimum Gasteiger partial charge on any atom is -0.461 e. The van der Waals surface area contributed by atoms with E-state index in [9.17, 15) is 9.59 Å². The Morgan fingerprint density at radius 2 is 2.12 bits per heavy atom. The topological polar surface area (TPSA) is 76.0 Å². The van der Waals surface area contributed by atoms with Crippen molar-refractivity contribution in [3.05, 3.63) is 85.8 Å². The van der Waals surface area contributed by atoms with E-state index in [-0.39, 0.29) is 17.1 Å². The van der Waals surface area contributed by atoms with Crippen LogP contribution >= 0.6 is 11.3 Å². The Morgan fingerprint density at radius 1 is 1.20 bits per heavy atom. The van der Waals surface area contributed by atoms with Gasteiger partial charge in [-0.15, -0.1) is 11.3 Å². The Hall–Kier alpha value is -3.25. The number of H-pyrrole nitrogens is 1. The third-order valence-electron chi connectivity index (χ3n) is 3.63. The van der Waals surface area contributed by atoms with Gasteiger partial charge in [-0.25, -0.2) is 0 Å². The monoisotopic (exact) mass is 348 g/mol. The molecule has 3 heterocycles. The van der Waals surface area contributed by atoms with Gasteiger partial charge < -0.3 is 9.40 Å². The summed E-state index contributed by atoms with van der Waals surface area (Å²) in [4.78, 5) is 31.1. The summed E-state index contributed by atoms with van der Waals surface area (Å²) in [5.74, 6) is -0.0485. The van der Waals surface area contributed by atoms with Crippen LogP contribution in [0.2, 0.25) is 0 Å². The van der Waals surface area contributed by atoms with Crippen molar-refractivity contribution < 1.29 is 9.21 Å². The third-order valence-corrected chi connectivity index (χ3v) is 4.59. The second kappa shape index (κ2) is 6.33. The Morgan fingerprint density at radius 3 is 2.96 bits per heavy atom. The summed E-state index contributed by atoms with van der Waals surface area (Å²) in [5, 5.41) is 1.00. The van der Waals surface area contributed by atoms with Crippen LogP contribution in [0.25, 0.3) is 23.1 Å². The lowest BCUT2D eigenvalue weighted by Crippen LogP contribution is -2.19. The number of nitrogens with one attached hydrogen (secondary N) is 1. The lowest BCUT2D eigenvalue weighted by molar-refractivity contribution is 0.103. The predicted molar refractivity (Wildman–Crippen MR) is 97.0 cm³/mol. The molecule has 0 amide bonds. The van der Waals surface area contributed by atoms with Gasteiger partial charge in [0.2, 0.25) is 5.78 Å². The molecule has 5 nitrogen and oxygen atoms in total. The molecule has 0 saturated heterocycles. The number of nitrogens with zero attached hydrogens (tertiary/aromatic N) is 1. The molecule has 0 radical (unpaired) electrons. The van der Waals surface area contributed by atoms with Crippen LogP contribution in [0.15, 0.2) is 64.1 Å². The van der Waals surface area contributed by atoms with E-state index < -0.39 is 0 Å². The zero-order valence-corrected chi connectivity index (χ0v) is 13.7. The molecular weight excluding hydrogens is 336 g/mol. The van der Waals surface area contributed by atoms with Crippen molar-refractivity contribution in [3.63, 3.8) is 0 Å². The van der Waals surface area contributed by atoms with Crippen molar-refractivity contribution >= 4 is 40.2 Å². The first-order valence-corrected chi connectivity index (χ1v) is 8.36. The second-order valence-corrected chi connectivity index (χ2v) is 6.45. The van der Waals surface area contributed by atoms with Crippen LogP contribution in [0.3, 0.4) is 0 Å². The van der Waals surface area contributed by atoms with Crippen molar-refractivity contribution in [3.8, 4) is 0 Å². The van der Waals surface area contributed by atoms with Crippen LogP contribution < -0.4 is 14.8 Å². The average Bonchev–Trinajstić information content (AvgIpc) is 3.25. The highest BCUT2D eigenvalue weighted by atomic mass is 32.1. The summed E-state index contributed by atoms with van der Waals surface area (Å²) in [6, 6.07) is 12.9. The smallest absolute Gasteiger partial charge is 0.266 e. The number of hydrogen-bond donors (Lipinski definition) is 1. The minimum absolute atomic E-state index is 0.227. The highest BCUT2D eigenvalue weighted by Gasteiger charge is 2.05. The van der Waals surface area contributed by atoms with Gasteiger partial charge in [-0.05, 0) is 42.0 Å². The fraction of sp³-hybridized carbons (Fsp3) is 0. The van der Waals surface area contributed by atoms with Crippen molar-refractivity contribution in [2.24, 2.45) is 0 Å². The van der Waals surface area contributed by atoms with Crippen LogP contribution in [0.1, 0.15) is 16.1 Å². The number of carbonyl (C=O) groups excluding carboxylic acids is 1. The van der Waals surface area contributed by atoms with Gasteiger partial charge in [0.15, 0.2) is 5.76 Å². The summed E-state index contributed by atoms with van der Waals surface area (Å²) < 4.78 is 6.07. The maximum Gasteiger partial charge on any atom is 0.266 e. The van der Waals surface area contributed by atoms with Crippen LogP contribution in [0.5, 0.6) is 0 Å². The Bertz CT molecular complexity index is 1230. The SMILES string of the molecule is O=C(/C=c1/[nH]c(=O)/c(=C/c2ccc3ncccc3c2)s1)c1ccco1. The Balaban J connectivity index is 1.75. The van der Waals surface area contributed by atoms with Gasteiger partial charge >= 0.3 is 0 Å². The van der Waals surface area contributed by atoms with E-state index >= 15 is 0 Å². The molecule has 1 aromatic carbocycles. The second-order valence-electron chi connectivity index (χ2n) is 5.37. The van der Waals surface area contributed by atoms with E-state index in [4.69, 9.17) is 4.42 Å². The van der Waals surface area contributed by atoms with Crippen molar-refractivity contribution in [2.45, 2.75) is 0 Å². The largest absolute Gasteiger partial charge is 0.461 e. The van der Waals surface area contributed by atoms with E-state index in [1.54, 1.807) is 24.4 Å². The molecule has 0 unspecified atom stereocenters. The number of pyridine rings is 1. The number of ketones is 1. The van der Waals surface area contributed by atoms with Crippen LogP contribution in [-0.4, -0.2) is 15.8 Å².